The third-order valence-corrected chi connectivity index (χ3v) is 2.34. The van der Waals surface area contributed by atoms with Gasteiger partial charge in [-0.25, -0.2) is 8.78 Å². The Morgan fingerprint density at radius 1 is 1.18 bits per heavy atom. The van der Waals surface area contributed by atoms with E-state index in [4.69, 9.17) is 0 Å². The zero-order valence-corrected chi connectivity index (χ0v) is 8.85. The van der Waals surface area contributed by atoms with E-state index in [1.807, 2.05) is 0 Å². The standard InChI is InChI=1S/C12H10F2N2O/c13-9-2-1-8(5-10(9)14)6-12(17)11-7-15-3-4-16-11/h1-5,7,12,17H,6H2. The van der Waals surface area contributed by atoms with Gasteiger partial charge in [0.1, 0.15) is 6.10 Å². The van der Waals surface area contributed by atoms with E-state index in [1.165, 1.54) is 24.7 Å². The molecule has 1 aromatic carbocycles. The molecule has 0 aliphatic heterocycles. The van der Waals surface area contributed by atoms with Gasteiger partial charge in [-0.05, 0) is 17.7 Å². The van der Waals surface area contributed by atoms with E-state index in [1.54, 1.807) is 0 Å². The zero-order valence-electron chi connectivity index (χ0n) is 8.85. The number of hydrogen-bond donors (Lipinski definition) is 1. The van der Waals surface area contributed by atoms with Gasteiger partial charge < -0.3 is 5.11 Å². The molecule has 0 saturated heterocycles. The molecular formula is C12H10F2N2O. The number of benzene rings is 1. The molecule has 2 rings (SSSR count). The van der Waals surface area contributed by atoms with Gasteiger partial charge in [-0.2, -0.15) is 0 Å². The molecule has 1 atom stereocenters. The normalized spacial score (nSPS) is 12.4. The molecule has 1 aromatic heterocycles. The molecule has 0 fully saturated rings. The fourth-order valence-electron chi connectivity index (χ4n) is 1.48. The molecule has 1 N–H and O–H groups in total. The molecule has 0 bridgehead atoms. The second-order valence-corrected chi connectivity index (χ2v) is 3.60. The molecule has 3 nitrogen and oxygen atoms in total. The van der Waals surface area contributed by atoms with Crippen LogP contribution in [0.3, 0.4) is 0 Å². The van der Waals surface area contributed by atoms with Crippen molar-refractivity contribution in [1.82, 2.24) is 9.97 Å². The van der Waals surface area contributed by atoms with Gasteiger partial charge in [0.2, 0.25) is 0 Å². The van der Waals surface area contributed by atoms with Gasteiger partial charge in [0.25, 0.3) is 0 Å². The lowest BCUT2D eigenvalue weighted by molar-refractivity contribution is 0.173. The van der Waals surface area contributed by atoms with E-state index >= 15 is 0 Å². The van der Waals surface area contributed by atoms with Gasteiger partial charge in [0, 0.05) is 18.8 Å². The summed E-state index contributed by atoms with van der Waals surface area (Å²) in [6.07, 6.45) is 3.67. The van der Waals surface area contributed by atoms with Gasteiger partial charge in [-0.15, -0.1) is 0 Å². The number of nitrogens with zero attached hydrogens (tertiary/aromatic N) is 2. The van der Waals surface area contributed by atoms with Crippen LogP contribution in [0.4, 0.5) is 8.78 Å². The summed E-state index contributed by atoms with van der Waals surface area (Å²) in [4.78, 5) is 7.76. The van der Waals surface area contributed by atoms with Crippen molar-refractivity contribution in [1.29, 1.82) is 0 Å². The van der Waals surface area contributed by atoms with Crippen molar-refractivity contribution in [2.75, 3.05) is 0 Å². The number of rotatable bonds is 3. The van der Waals surface area contributed by atoms with E-state index in [9.17, 15) is 13.9 Å². The maximum Gasteiger partial charge on any atom is 0.159 e. The highest BCUT2D eigenvalue weighted by molar-refractivity contribution is 5.19. The maximum atomic E-state index is 12.9. The van der Waals surface area contributed by atoms with Crippen LogP contribution in [0, 0.1) is 11.6 Å². The maximum absolute atomic E-state index is 12.9. The Morgan fingerprint density at radius 3 is 2.65 bits per heavy atom. The van der Waals surface area contributed by atoms with Crippen LogP contribution in [0.15, 0.2) is 36.8 Å². The van der Waals surface area contributed by atoms with Crippen LogP contribution in [0.5, 0.6) is 0 Å². The van der Waals surface area contributed by atoms with Crippen LogP contribution in [0.1, 0.15) is 17.4 Å². The predicted molar refractivity (Wildman–Crippen MR) is 57.1 cm³/mol. The molecule has 0 aliphatic carbocycles. The molecule has 1 unspecified atom stereocenters. The van der Waals surface area contributed by atoms with Crippen LogP contribution >= 0.6 is 0 Å². The average Bonchev–Trinajstić information content (AvgIpc) is 2.35. The molecule has 0 radical (unpaired) electrons. The molecule has 0 aliphatic rings. The van der Waals surface area contributed by atoms with Crippen molar-refractivity contribution in [2.24, 2.45) is 0 Å². The smallest absolute Gasteiger partial charge is 0.159 e. The van der Waals surface area contributed by atoms with Gasteiger partial charge in [-0.1, -0.05) is 6.07 Å². The third kappa shape index (κ3) is 2.82. The molecule has 2 aromatic rings. The summed E-state index contributed by atoms with van der Waals surface area (Å²) in [6.45, 7) is 0. The third-order valence-electron chi connectivity index (χ3n) is 2.34. The molecule has 1 heterocycles. The Bertz CT molecular complexity index is 505. The summed E-state index contributed by atoms with van der Waals surface area (Å²) >= 11 is 0. The first-order valence-corrected chi connectivity index (χ1v) is 5.04. The topological polar surface area (TPSA) is 46.0 Å². The number of aromatic nitrogens is 2. The lowest BCUT2D eigenvalue weighted by atomic mass is 10.1. The Hall–Kier alpha value is -1.88. The minimum Gasteiger partial charge on any atom is -0.386 e. The van der Waals surface area contributed by atoms with Crippen molar-refractivity contribution in [3.63, 3.8) is 0 Å². The highest BCUT2D eigenvalue weighted by atomic mass is 19.2. The fraction of sp³-hybridized carbons (Fsp3) is 0.167. The van der Waals surface area contributed by atoms with Gasteiger partial charge in [-0.3, -0.25) is 9.97 Å². The lowest BCUT2D eigenvalue weighted by Crippen LogP contribution is -2.05. The first-order chi connectivity index (χ1) is 8.16. The summed E-state index contributed by atoms with van der Waals surface area (Å²) < 4.78 is 25.6. The Balaban J connectivity index is 2.13. The molecule has 0 spiro atoms. The van der Waals surface area contributed by atoms with E-state index in [0.29, 0.717) is 11.3 Å². The van der Waals surface area contributed by atoms with E-state index in [2.05, 4.69) is 9.97 Å². The van der Waals surface area contributed by atoms with E-state index in [0.717, 1.165) is 12.1 Å². The van der Waals surface area contributed by atoms with Crippen LogP contribution in [-0.4, -0.2) is 15.1 Å². The highest BCUT2D eigenvalue weighted by Gasteiger charge is 2.11. The molecular weight excluding hydrogens is 226 g/mol. The molecule has 5 heteroatoms. The van der Waals surface area contributed by atoms with Crippen molar-refractivity contribution in [3.8, 4) is 0 Å². The fourth-order valence-corrected chi connectivity index (χ4v) is 1.48. The predicted octanol–water partition coefficient (Wildman–Crippen LogP) is 2.03. The number of aliphatic hydroxyl groups excluding tert-OH is 1. The highest BCUT2D eigenvalue weighted by Crippen LogP contribution is 2.17. The summed E-state index contributed by atoms with van der Waals surface area (Å²) in [5, 5.41) is 9.82. The number of aliphatic hydroxyl groups is 1. The summed E-state index contributed by atoms with van der Waals surface area (Å²) in [5.41, 5.74) is 0.902. The Morgan fingerprint density at radius 2 is 2.00 bits per heavy atom. The quantitative estimate of drug-likeness (QED) is 0.886. The lowest BCUT2D eigenvalue weighted by Gasteiger charge is -2.09. The van der Waals surface area contributed by atoms with Crippen LogP contribution in [0.2, 0.25) is 0 Å². The number of hydrogen-bond acceptors (Lipinski definition) is 3. The molecule has 88 valence electrons. The minimum absolute atomic E-state index is 0.163. The summed E-state index contributed by atoms with van der Waals surface area (Å²) in [6, 6.07) is 3.53. The SMILES string of the molecule is OC(Cc1ccc(F)c(F)c1)c1cnccn1. The van der Waals surface area contributed by atoms with Gasteiger partial charge in [0.15, 0.2) is 11.6 Å². The zero-order chi connectivity index (χ0) is 12.3. The second-order valence-electron chi connectivity index (χ2n) is 3.60. The van der Waals surface area contributed by atoms with Gasteiger partial charge in [0.05, 0.1) is 11.9 Å². The Labute approximate surface area is 96.8 Å². The molecule has 0 saturated carbocycles. The van der Waals surface area contributed by atoms with Crippen molar-refractivity contribution >= 4 is 0 Å². The van der Waals surface area contributed by atoms with Crippen LogP contribution < -0.4 is 0 Å². The van der Waals surface area contributed by atoms with Crippen molar-refractivity contribution in [2.45, 2.75) is 12.5 Å². The second kappa shape index (κ2) is 4.97. The van der Waals surface area contributed by atoms with E-state index < -0.39 is 17.7 Å². The minimum atomic E-state index is -0.922. The van der Waals surface area contributed by atoms with Crippen molar-refractivity contribution < 1.29 is 13.9 Å². The Kier molecular flexibility index (Phi) is 3.39. The summed E-state index contributed by atoms with van der Waals surface area (Å²) in [5.74, 6) is -1.82. The largest absolute Gasteiger partial charge is 0.386 e. The monoisotopic (exact) mass is 236 g/mol. The van der Waals surface area contributed by atoms with E-state index in [-0.39, 0.29) is 6.42 Å². The number of halogens is 2. The summed E-state index contributed by atoms with van der Waals surface area (Å²) in [7, 11) is 0. The van der Waals surface area contributed by atoms with Gasteiger partial charge >= 0.3 is 0 Å². The first kappa shape index (κ1) is 11.6. The first-order valence-electron chi connectivity index (χ1n) is 5.04. The van der Waals surface area contributed by atoms with Crippen LogP contribution in [0.25, 0.3) is 0 Å². The molecule has 0 amide bonds. The van der Waals surface area contributed by atoms with Crippen molar-refractivity contribution in [3.05, 3.63) is 59.7 Å². The average molecular weight is 236 g/mol. The molecule has 17 heavy (non-hydrogen) atoms. The van der Waals surface area contributed by atoms with Crippen LogP contribution in [-0.2, 0) is 6.42 Å².